The molecule has 0 saturated heterocycles. The summed E-state index contributed by atoms with van der Waals surface area (Å²) in [5.74, 6) is 0.654. The third kappa shape index (κ3) is 3.61. The van der Waals surface area contributed by atoms with Crippen molar-refractivity contribution in [3.8, 4) is 5.75 Å². The third-order valence-electron chi connectivity index (χ3n) is 5.87. The quantitative estimate of drug-likeness (QED) is 0.599. The number of ether oxygens (including phenoxy) is 1. The Balaban J connectivity index is 1.85. The number of hydrazone groups is 1. The summed E-state index contributed by atoms with van der Waals surface area (Å²) < 4.78 is 6.86. The van der Waals surface area contributed by atoms with Gasteiger partial charge in [-0.3, -0.25) is 9.59 Å². The average Bonchev–Trinajstić information content (AvgIpc) is 3.22. The molecule has 0 aliphatic carbocycles. The summed E-state index contributed by atoms with van der Waals surface area (Å²) in [6.07, 6.45) is 0.786. The third-order valence-corrected chi connectivity index (χ3v) is 6.11. The van der Waals surface area contributed by atoms with E-state index in [0.29, 0.717) is 29.1 Å². The van der Waals surface area contributed by atoms with Gasteiger partial charge in [0.15, 0.2) is 0 Å². The first-order valence-electron chi connectivity index (χ1n) is 10.2. The summed E-state index contributed by atoms with van der Waals surface area (Å²) in [5, 5.41) is 7.66. The molecule has 0 saturated carbocycles. The Hall–Kier alpha value is -3.12. The zero-order valence-electron chi connectivity index (χ0n) is 18.0. The van der Waals surface area contributed by atoms with Crippen LogP contribution < -0.4 is 10.3 Å². The zero-order chi connectivity index (χ0) is 22.3. The summed E-state index contributed by atoms with van der Waals surface area (Å²) in [5.41, 5.74) is 3.58. The van der Waals surface area contributed by atoms with E-state index in [4.69, 9.17) is 16.3 Å². The van der Waals surface area contributed by atoms with Crippen molar-refractivity contribution < 1.29 is 9.53 Å². The molecule has 1 aliphatic heterocycles. The molecule has 1 unspecified atom stereocenters. The largest absolute Gasteiger partial charge is 0.497 e. The van der Waals surface area contributed by atoms with Crippen molar-refractivity contribution in [2.24, 2.45) is 12.1 Å². The van der Waals surface area contributed by atoms with E-state index in [2.05, 4.69) is 5.10 Å². The highest BCUT2D eigenvalue weighted by molar-refractivity contribution is 6.31. The van der Waals surface area contributed by atoms with E-state index in [1.165, 1.54) is 5.01 Å². The maximum Gasteiger partial charge on any atom is 0.260 e. The van der Waals surface area contributed by atoms with Gasteiger partial charge < -0.3 is 9.30 Å². The Morgan fingerprint density at radius 2 is 1.94 bits per heavy atom. The number of rotatable bonds is 4. The minimum Gasteiger partial charge on any atom is -0.497 e. The Morgan fingerprint density at radius 1 is 1.23 bits per heavy atom. The van der Waals surface area contributed by atoms with Crippen molar-refractivity contribution in [2.45, 2.75) is 32.7 Å². The second kappa shape index (κ2) is 8.19. The molecule has 4 rings (SSSR count). The Bertz CT molecular complexity index is 1260. The lowest BCUT2D eigenvalue weighted by Crippen LogP contribution is -2.26. The van der Waals surface area contributed by atoms with Crippen LogP contribution in [0.5, 0.6) is 5.75 Å². The van der Waals surface area contributed by atoms with Crippen LogP contribution in [0, 0.1) is 6.92 Å². The first-order valence-corrected chi connectivity index (χ1v) is 10.6. The molecule has 0 radical (unpaired) electrons. The van der Waals surface area contributed by atoms with Crippen LogP contribution in [-0.2, 0) is 11.8 Å². The van der Waals surface area contributed by atoms with E-state index in [0.717, 1.165) is 27.8 Å². The van der Waals surface area contributed by atoms with Crippen molar-refractivity contribution in [3.63, 3.8) is 0 Å². The number of benzene rings is 2. The molecule has 0 fully saturated rings. The van der Waals surface area contributed by atoms with E-state index in [-0.39, 0.29) is 17.5 Å². The lowest BCUT2D eigenvalue weighted by molar-refractivity contribution is -0.132. The second-order valence-corrected chi connectivity index (χ2v) is 8.09. The highest BCUT2D eigenvalue weighted by Crippen LogP contribution is 2.35. The van der Waals surface area contributed by atoms with Gasteiger partial charge in [0.05, 0.1) is 29.9 Å². The number of aryl methyl sites for hydroxylation is 2. The van der Waals surface area contributed by atoms with Gasteiger partial charge in [-0.2, -0.15) is 5.10 Å². The number of halogens is 1. The lowest BCUT2D eigenvalue weighted by Gasteiger charge is -2.21. The van der Waals surface area contributed by atoms with Crippen molar-refractivity contribution in [3.05, 3.63) is 74.5 Å². The molecule has 7 heteroatoms. The fourth-order valence-electron chi connectivity index (χ4n) is 4.15. The number of aromatic nitrogens is 1. The molecule has 1 aromatic heterocycles. The molecule has 0 N–H and O–H groups in total. The van der Waals surface area contributed by atoms with Crippen molar-refractivity contribution in [2.75, 3.05) is 7.11 Å². The van der Waals surface area contributed by atoms with E-state index < -0.39 is 0 Å². The molecule has 1 aliphatic rings. The number of amides is 1. The monoisotopic (exact) mass is 437 g/mol. The molecule has 31 heavy (non-hydrogen) atoms. The van der Waals surface area contributed by atoms with E-state index in [1.807, 2.05) is 50.2 Å². The lowest BCUT2D eigenvalue weighted by atomic mass is 9.95. The first-order chi connectivity index (χ1) is 14.8. The average molecular weight is 438 g/mol. The molecule has 1 amide bonds. The number of nitrogens with zero attached hydrogens (tertiary/aromatic N) is 3. The van der Waals surface area contributed by atoms with Crippen LogP contribution in [0.25, 0.3) is 10.9 Å². The molecule has 2 heterocycles. The van der Waals surface area contributed by atoms with Gasteiger partial charge in [0.2, 0.25) is 5.91 Å². The van der Waals surface area contributed by atoms with E-state index in [9.17, 15) is 9.59 Å². The van der Waals surface area contributed by atoms with Gasteiger partial charge in [0, 0.05) is 30.3 Å². The van der Waals surface area contributed by atoms with Crippen LogP contribution in [0.3, 0.4) is 0 Å². The van der Waals surface area contributed by atoms with E-state index >= 15 is 0 Å². The van der Waals surface area contributed by atoms with Gasteiger partial charge in [-0.25, -0.2) is 5.01 Å². The molecule has 0 spiro atoms. The van der Waals surface area contributed by atoms with Crippen molar-refractivity contribution in [1.29, 1.82) is 0 Å². The smallest absolute Gasteiger partial charge is 0.260 e. The minimum atomic E-state index is -0.271. The van der Waals surface area contributed by atoms with Crippen LogP contribution in [0.4, 0.5) is 0 Å². The van der Waals surface area contributed by atoms with Gasteiger partial charge in [-0.15, -0.1) is 0 Å². The van der Waals surface area contributed by atoms with Gasteiger partial charge in [-0.1, -0.05) is 30.7 Å². The minimum absolute atomic E-state index is 0.0888. The SMILES string of the molecule is CCC(=O)N1N=C(c2c(C)c3cc(Cl)ccc3n(C)c2=O)CC1c1ccc(OC)cc1. The summed E-state index contributed by atoms with van der Waals surface area (Å²) in [4.78, 5) is 26.0. The maximum atomic E-state index is 13.3. The van der Waals surface area contributed by atoms with Crippen LogP contribution in [0.2, 0.25) is 5.02 Å². The summed E-state index contributed by atoms with van der Waals surface area (Å²) >= 11 is 6.23. The van der Waals surface area contributed by atoms with Crippen molar-refractivity contribution >= 4 is 34.1 Å². The first kappa shape index (κ1) is 21.1. The molecular formula is C24H24ClN3O3. The molecule has 3 aromatic rings. The number of carbonyl (C=O) groups excluding carboxylic acids is 1. The number of carbonyl (C=O) groups is 1. The molecular weight excluding hydrogens is 414 g/mol. The predicted octanol–water partition coefficient (Wildman–Crippen LogP) is 4.60. The Morgan fingerprint density at radius 3 is 2.58 bits per heavy atom. The van der Waals surface area contributed by atoms with Gasteiger partial charge in [0.25, 0.3) is 5.56 Å². The van der Waals surface area contributed by atoms with Crippen LogP contribution in [-0.4, -0.2) is 28.3 Å². The number of hydrogen-bond acceptors (Lipinski definition) is 4. The number of pyridine rings is 1. The Kier molecular flexibility index (Phi) is 5.58. The highest BCUT2D eigenvalue weighted by atomic mass is 35.5. The molecule has 0 bridgehead atoms. The summed E-state index contributed by atoms with van der Waals surface area (Å²) in [7, 11) is 3.36. The maximum absolute atomic E-state index is 13.3. The summed E-state index contributed by atoms with van der Waals surface area (Å²) in [6.45, 7) is 3.72. The normalized spacial score (nSPS) is 16.0. The van der Waals surface area contributed by atoms with Gasteiger partial charge in [-0.05, 0) is 48.4 Å². The van der Waals surface area contributed by atoms with Gasteiger partial charge in [0.1, 0.15) is 5.75 Å². The van der Waals surface area contributed by atoms with Crippen molar-refractivity contribution in [1.82, 2.24) is 9.58 Å². The number of methoxy groups -OCH3 is 1. The fourth-order valence-corrected chi connectivity index (χ4v) is 4.32. The zero-order valence-corrected chi connectivity index (χ0v) is 18.7. The molecule has 2 aromatic carbocycles. The number of hydrogen-bond donors (Lipinski definition) is 0. The highest BCUT2D eigenvalue weighted by Gasteiger charge is 2.34. The van der Waals surface area contributed by atoms with Gasteiger partial charge >= 0.3 is 0 Å². The second-order valence-electron chi connectivity index (χ2n) is 7.66. The molecule has 6 nitrogen and oxygen atoms in total. The topological polar surface area (TPSA) is 63.9 Å². The van der Waals surface area contributed by atoms with E-state index in [1.54, 1.807) is 24.8 Å². The standard InChI is InChI=1S/C24H24ClN3O3/c1-5-22(29)28-21(15-6-9-17(31-4)10-7-15)13-19(26-28)23-14(2)18-12-16(25)8-11-20(18)27(3)24(23)30/h6-12,21H,5,13H2,1-4H3. The number of fused-ring (bicyclic) bond motifs is 1. The molecule has 1 atom stereocenters. The molecule has 160 valence electrons. The van der Waals surface area contributed by atoms with Crippen LogP contribution in [0.1, 0.15) is 42.5 Å². The summed E-state index contributed by atoms with van der Waals surface area (Å²) in [6, 6.07) is 12.8. The van der Waals surface area contributed by atoms with Crippen LogP contribution >= 0.6 is 11.6 Å². The Labute approximate surface area is 185 Å². The van der Waals surface area contributed by atoms with Crippen LogP contribution in [0.15, 0.2) is 52.4 Å². The predicted molar refractivity (Wildman–Crippen MR) is 123 cm³/mol. The fraction of sp³-hybridized carbons (Fsp3) is 0.292.